The molecular formula is C14H12Cl2N4O2. The van der Waals surface area contributed by atoms with E-state index in [1.54, 1.807) is 25.1 Å². The number of para-hydroxylation sites is 1. The lowest BCUT2D eigenvalue weighted by Crippen LogP contribution is -2.38. The number of carbonyl (C=O) groups is 1. The number of carbonyl (C=O) groups excluding carboxylic acids is 1. The lowest BCUT2D eigenvalue weighted by molar-refractivity contribution is 0.0856. The summed E-state index contributed by atoms with van der Waals surface area (Å²) in [6, 6.07) is 5.17. The zero-order valence-electron chi connectivity index (χ0n) is 11.6. The van der Waals surface area contributed by atoms with Crippen molar-refractivity contribution in [1.82, 2.24) is 10.1 Å². The van der Waals surface area contributed by atoms with E-state index < -0.39 is 0 Å². The minimum Gasteiger partial charge on any atom is -0.361 e. The van der Waals surface area contributed by atoms with E-state index in [1.807, 2.05) is 0 Å². The van der Waals surface area contributed by atoms with Crippen molar-refractivity contribution < 1.29 is 9.32 Å². The average Bonchev–Trinajstić information content (AvgIpc) is 3.11. The van der Waals surface area contributed by atoms with Gasteiger partial charge in [-0.15, -0.1) is 0 Å². The molecule has 6 nitrogen and oxygen atoms in total. The molecule has 1 N–H and O–H groups in total. The van der Waals surface area contributed by atoms with Gasteiger partial charge in [0.25, 0.3) is 5.91 Å². The molecule has 1 aliphatic heterocycles. The van der Waals surface area contributed by atoms with Crippen LogP contribution >= 0.6 is 23.2 Å². The number of nitrogens with zero attached hydrogens (tertiary/aromatic N) is 3. The molecule has 0 atom stereocenters. The molecular weight excluding hydrogens is 327 g/mol. The molecule has 3 rings (SSSR count). The normalized spacial score (nSPS) is 14.1. The fraction of sp³-hybridized carbons (Fsp3) is 0.214. The summed E-state index contributed by atoms with van der Waals surface area (Å²) in [5.74, 6) is 0.637. The minimum absolute atomic E-state index is 0.231. The number of rotatable bonds is 2. The zero-order valence-corrected chi connectivity index (χ0v) is 13.1. The lowest BCUT2D eigenvalue weighted by Gasteiger charge is -2.19. The Labute approximate surface area is 136 Å². The van der Waals surface area contributed by atoms with Crippen LogP contribution in [0.25, 0.3) is 0 Å². The molecule has 1 amide bonds. The van der Waals surface area contributed by atoms with Crippen LogP contribution in [0.4, 0.5) is 5.69 Å². The fourth-order valence-corrected chi connectivity index (χ4v) is 2.62. The van der Waals surface area contributed by atoms with E-state index in [-0.39, 0.29) is 5.91 Å². The van der Waals surface area contributed by atoms with E-state index in [4.69, 9.17) is 27.7 Å². The van der Waals surface area contributed by atoms with Gasteiger partial charge in [-0.05, 0) is 19.1 Å². The third-order valence-electron chi connectivity index (χ3n) is 3.27. The van der Waals surface area contributed by atoms with Crippen molar-refractivity contribution in [3.05, 3.63) is 45.8 Å². The van der Waals surface area contributed by atoms with Crippen LogP contribution in [0.5, 0.6) is 0 Å². The maximum absolute atomic E-state index is 12.5. The van der Waals surface area contributed by atoms with E-state index in [0.29, 0.717) is 46.1 Å². The van der Waals surface area contributed by atoms with Gasteiger partial charge in [-0.3, -0.25) is 14.7 Å². The number of hydrogen-bond donors (Lipinski definition) is 1. The van der Waals surface area contributed by atoms with Gasteiger partial charge in [0.2, 0.25) is 5.96 Å². The Morgan fingerprint density at radius 1 is 1.36 bits per heavy atom. The van der Waals surface area contributed by atoms with Crippen LogP contribution in [0.2, 0.25) is 10.0 Å². The molecule has 0 aliphatic carbocycles. The Morgan fingerprint density at radius 2 is 2.09 bits per heavy atom. The monoisotopic (exact) mass is 338 g/mol. The molecule has 0 radical (unpaired) electrons. The second-order valence-corrected chi connectivity index (χ2v) is 5.49. The molecule has 0 spiro atoms. The Bertz CT molecular complexity index is 737. The summed E-state index contributed by atoms with van der Waals surface area (Å²) in [7, 11) is 0. The summed E-state index contributed by atoms with van der Waals surface area (Å²) in [6.45, 7) is 2.65. The molecule has 2 heterocycles. The second kappa shape index (κ2) is 5.98. The van der Waals surface area contributed by atoms with Crippen LogP contribution < -0.4 is 5.32 Å². The largest absolute Gasteiger partial charge is 0.361 e. The summed E-state index contributed by atoms with van der Waals surface area (Å²) < 4.78 is 4.94. The topological polar surface area (TPSA) is 70.7 Å². The molecule has 22 heavy (non-hydrogen) atoms. The van der Waals surface area contributed by atoms with E-state index in [1.165, 1.54) is 11.1 Å². The van der Waals surface area contributed by atoms with Gasteiger partial charge in [0, 0.05) is 6.54 Å². The molecule has 2 aromatic rings. The van der Waals surface area contributed by atoms with Crippen molar-refractivity contribution in [2.24, 2.45) is 4.99 Å². The highest BCUT2D eigenvalue weighted by molar-refractivity contribution is 6.40. The van der Waals surface area contributed by atoms with Crippen LogP contribution in [0.3, 0.4) is 0 Å². The summed E-state index contributed by atoms with van der Waals surface area (Å²) in [6.07, 6.45) is 1.40. The van der Waals surface area contributed by atoms with E-state index in [0.717, 1.165) is 0 Å². The first-order chi connectivity index (χ1) is 10.6. The molecule has 0 saturated heterocycles. The maximum atomic E-state index is 12.5. The molecule has 8 heteroatoms. The van der Waals surface area contributed by atoms with Crippen molar-refractivity contribution >= 4 is 40.8 Å². The Hall–Kier alpha value is -2.05. The van der Waals surface area contributed by atoms with Crippen LogP contribution in [0, 0.1) is 6.92 Å². The summed E-state index contributed by atoms with van der Waals surface area (Å²) in [5, 5.41) is 7.57. The van der Waals surface area contributed by atoms with Gasteiger partial charge >= 0.3 is 0 Å². The number of halogens is 2. The van der Waals surface area contributed by atoms with Crippen LogP contribution in [-0.2, 0) is 0 Å². The summed E-state index contributed by atoms with van der Waals surface area (Å²) in [5.41, 5.74) is 0.924. The van der Waals surface area contributed by atoms with Crippen molar-refractivity contribution in [2.75, 3.05) is 18.4 Å². The highest BCUT2D eigenvalue weighted by Crippen LogP contribution is 2.30. The molecule has 1 aromatic heterocycles. The number of aryl methyl sites for hydroxylation is 1. The SMILES string of the molecule is Cc1oncc1C(=O)N1CCN=C1Nc1c(Cl)cccc1Cl. The Balaban J connectivity index is 1.85. The van der Waals surface area contributed by atoms with Crippen molar-refractivity contribution in [3.63, 3.8) is 0 Å². The molecule has 1 aromatic carbocycles. The number of benzene rings is 1. The van der Waals surface area contributed by atoms with Crippen molar-refractivity contribution in [2.45, 2.75) is 6.92 Å². The van der Waals surface area contributed by atoms with E-state index in [9.17, 15) is 4.79 Å². The van der Waals surface area contributed by atoms with Crippen molar-refractivity contribution in [1.29, 1.82) is 0 Å². The van der Waals surface area contributed by atoms with Gasteiger partial charge in [-0.25, -0.2) is 0 Å². The predicted molar refractivity (Wildman–Crippen MR) is 84.7 cm³/mol. The fourth-order valence-electron chi connectivity index (χ4n) is 2.13. The number of guanidine groups is 1. The lowest BCUT2D eigenvalue weighted by atomic mass is 10.2. The highest BCUT2D eigenvalue weighted by Gasteiger charge is 2.28. The highest BCUT2D eigenvalue weighted by atomic mass is 35.5. The van der Waals surface area contributed by atoms with E-state index >= 15 is 0 Å². The quantitative estimate of drug-likeness (QED) is 0.912. The first-order valence-corrected chi connectivity index (χ1v) is 7.32. The van der Waals surface area contributed by atoms with E-state index in [2.05, 4.69) is 15.5 Å². The Morgan fingerprint density at radius 3 is 2.73 bits per heavy atom. The van der Waals surface area contributed by atoms with Gasteiger partial charge in [0.05, 0.1) is 28.5 Å². The Kier molecular flexibility index (Phi) is 4.04. The zero-order chi connectivity index (χ0) is 15.7. The predicted octanol–water partition coefficient (Wildman–Crippen LogP) is 3.21. The number of aromatic nitrogens is 1. The number of anilines is 1. The van der Waals surface area contributed by atoms with Gasteiger partial charge in [-0.1, -0.05) is 34.4 Å². The smallest absolute Gasteiger partial charge is 0.265 e. The average molecular weight is 339 g/mol. The maximum Gasteiger partial charge on any atom is 0.265 e. The molecule has 0 bridgehead atoms. The molecule has 114 valence electrons. The number of amides is 1. The molecule has 1 aliphatic rings. The standard InChI is InChI=1S/C14H12Cl2N4O2/c1-8-9(7-18-22-8)13(21)20-6-5-17-14(20)19-12-10(15)3-2-4-11(12)16/h2-4,7H,5-6H2,1H3,(H,17,19). The second-order valence-electron chi connectivity index (χ2n) is 4.68. The minimum atomic E-state index is -0.231. The van der Waals surface area contributed by atoms with Crippen LogP contribution in [0.15, 0.2) is 33.9 Å². The number of nitrogens with one attached hydrogen (secondary N) is 1. The number of aliphatic imine (C=N–C) groups is 1. The molecule has 0 unspecified atom stereocenters. The third-order valence-corrected chi connectivity index (χ3v) is 3.90. The molecule has 0 fully saturated rings. The van der Waals surface area contributed by atoms with Gasteiger partial charge in [-0.2, -0.15) is 0 Å². The summed E-state index contributed by atoms with van der Waals surface area (Å²) >= 11 is 12.3. The van der Waals surface area contributed by atoms with Crippen molar-refractivity contribution in [3.8, 4) is 0 Å². The third kappa shape index (κ3) is 2.67. The van der Waals surface area contributed by atoms with Crippen LogP contribution in [0.1, 0.15) is 16.1 Å². The van der Waals surface area contributed by atoms with Gasteiger partial charge < -0.3 is 9.84 Å². The van der Waals surface area contributed by atoms with Gasteiger partial charge in [0.15, 0.2) is 0 Å². The van der Waals surface area contributed by atoms with Crippen LogP contribution in [-0.4, -0.2) is 35.0 Å². The van der Waals surface area contributed by atoms with Gasteiger partial charge in [0.1, 0.15) is 11.3 Å². The number of hydrogen-bond acceptors (Lipinski definition) is 5. The first-order valence-electron chi connectivity index (χ1n) is 6.56. The first kappa shape index (κ1) is 14.9. The molecule has 0 saturated carbocycles. The summed E-state index contributed by atoms with van der Waals surface area (Å²) in [4.78, 5) is 18.3.